The van der Waals surface area contributed by atoms with Crippen LogP contribution in [-0.2, 0) is 0 Å². The second-order valence-corrected chi connectivity index (χ2v) is 5.45. The van der Waals surface area contributed by atoms with Gasteiger partial charge in [-0.1, -0.05) is 0 Å². The molecule has 3 aromatic rings. The Morgan fingerprint density at radius 2 is 1.76 bits per heavy atom. The Bertz CT molecular complexity index is 1060. The van der Waals surface area contributed by atoms with Crippen LogP contribution in [0.4, 0.5) is 0 Å². The summed E-state index contributed by atoms with van der Waals surface area (Å²) in [6.45, 7) is 1.53. The molecule has 0 saturated heterocycles. The van der Waals surface area contributed by atoms with Gasteiger partial charge in [0.2, 0.25) is 0 Å². The Balaban J connectivity index is 2.56. The van der Waals surface area contributed by atoms with Gasteiger partial charge >= 0.3 is 0 Å². The van der Waals surface area contributed by atoms with Crippen molar-refractivity contribution in [2.45, 2.75) is 6.92 Å². The van der Waals surface area contributed by atoms with Crippen LogP contribution in [0.25, 0.3) is 22.1 Å². The smallest absolute Gasteiger partial charge is 0.253 e. The van der Waals surface area contributed by atoms with Crippen molar-refractivity contribution in [3.8, 4) is 17.2 Å². The van der Waals surface area contributed by atoms with E-state index in [1.807, 2.05) is 0 Å². The first-order valence-corrected chi connectivity index (χ1v) is 7.42. The molecule has 0 spiro atoms. The molecule has 4 N–H and O–H groups in total. The van der Waals surface area contributed by atoms with E-state index in [1.165, 1.54) is 39.4 Å². The molecule has 0 fully saturated rings. The molecule has 1 heterocycles. The van der Waals surface area contributed by atoms with Crippen molar-refractivity contribution in [3.05, 3.63) is 28.8 Å². The lowest BCUT2D eigenvalue weighted by molar-refractivity contribution is 0.0964. The molecular formula is C17H16N4O4. The minimum absolute atomic E-state index is 0.0852. The highest BCUT2D eigenvalue weighted by Gasteiger charge is 2.21. The van der Waals surface area contributed by atoms with Gasteiger partial charge < -0.3 is 20.6 Å². The molecule has 8 heteroatoms. The first-order valence-electron chi connectivity index (χ1n) is 7.42. The molecule has 0 saturated carbocycles. The standard InChI is InChI=1S/C17H16N4O4/c1-7-15(23)9(6-18-2)12-14(16(7)24)21-11-8(17(25)19-3)4-5-10(22)13(11)20-12/h4-6,22-24H,1-3H3,(H,19,25). The summed E-state index contributed by atoms with van der Waals surface area (Å²) in [4.78, 5) is 24.6. The molecule has 0 atom stereocenters. The normalized spacial score (nSPS) is 11.5. The lowest BCUT2D eigenvalue weighted by Crippen LogP contribution is -2.18. The van der Waals surface area contributed by atoms with Gasteiger partial charge in [-0.2, -0.15) is 0 Å². The molecular weight excluding hydrogens is 324 g/mol. The van der Waals surface area contributed by atoms with Crippen molar-refractivity contribution in [2.24, 2.45) is 4.99 Å². The summed E-state index contributed by atoms with van der Waals surface area (Å²) in [5, 5.41) is 33.3. The number of nitrogens with one attached hydrogen (secondary N) is 1. The Morgan fingerprint density at radius 3 is 2.40 bits per heavy atom. The van der Waals surface area contributed by atoms with Crippen LogP contribution in [-0.4, -0.2) is 51.5 Å². The molecule has 128 valence electrons. The van der Waals surface area contributed by atoms with Crippen LogP contribution in [0.15, 0.2) is 17.1 Å². The van der Waals surface area contributed by atoms with E-state index >= 15 is 0 Å². The van der Waals surface area contributed by atoms with Gasteiger partial charge in [-0.15, -0.1) is 0 Å². The molecule has 1 aromatic heterocycles. The summed E-state index contributed by atoms with van der Waals surface area (Å²) in [5.74, 6) is -0.993. The second-order valence-electron chi connectivity index (χ2n) is 5.45. The number of amides is 1. The van der Waals surface area contributed by atoms with Crippen molar-refractivity contribution in [1.82, 2.24) is 15.3 Å². The zero-order chi connectivity index (χ0) is 18.3. The number of hydrogen-bond acceptors (Lipinski definition) is 7. The fraction of sp³-hybridized carbons (Fsp3) is 0.176. The number of aliphatic imine (C=N–C) groups is 1. The number of aromatic hydroxyl groups is 3. The summed E-state index contributed by atoms with van der Waals surface area (Å²) in [6, 6.07) is 2.77. The molecule has 25 heavy (non-hydrogen) atoms. The monoisotopic (exact) mass is 340 g/mol. The van der Waals surface area contributed by atoms with Gasteiger partial charge in [-0.05, 0) is 19.1 Å². The second kappa shape index (κ2) is 5.90. The summed E-state index contributed by atoms with van der Waals surface area (Å²) in [5.41, 5.74) is 1.20. The molecule has 0 radical (unpaired) electrons. The van der Waals surface area contributed by atoms with Crippen LogP contribution >= 0.6 is 0 Å². The molecule has 3 rings (SSSR count). The lowest BCUT2D eigenvalue weighted by atomic mass is 10.0. The van der Waals surface area contributed by atoms with Crippen LogP contribution in [0.2, 0.25) is 0 Å². The van der Waals surface area contributed by atoms with Gasteiger partial charge in [0.1, 0.15) is 39.3 Å². The van der Waals surface area contributed by atoms with E-state index in [1.54, 1.807) is 0 Å². The third kappa shape index (κ3) is 2.38. The zero-order valence-electron chi connectivity index (χ0n) is 13.8. The Labute approximate surface area is 142 Å². The topological polar surface area (TPSA) is 128 Å². The minimum Gasteiger partial charge on any atom is -0.507 e. The third-order valence-electron chi connectivity index (χ3n) is 3.98. The van der Waals surface area contributed by atoms with Crippen LogP contribution in [0.3, 0.4) is 0 Å². The third-order valence-corrected chi connectivity index (χ3v) is 3.98. The van der Waals surface area contributed by atoms with E-state index in [9.17, 15) is 20.1 Å². The van der Waals surface area contributed by atoms with Crippen molar-refractivity contribution >= 4 is 34.2 Å². The van der Waals surface area contributed by atoms with Crippen molar-refractivity contribution in [3.63, 3.8) is 0 Å². The lowest BCUT2D eigenvalue weighted by Gasteiger charge is -2.12. The van der Waals surface area contributed by atoms with E-state index < -0.39 is 5.91 Å². The largest absolute Gasteiger partial charge is 0.507 e. The van der Waals surface area contributed by atoms with Crippen molar-refractivity contribution < 1.29 is 20.1 Å². The van der Waals surface area contributed by atoms with Gasteiger partial charge in [0.15, 0.2) is 0 Å². The Kier molecular flexibility index (Phi) is 3.88. The molecule has 8 nitrogen and oxygen atoms in total. The number of rotatable bonds is 2. The van der Waals surface area contributed by atoms with Crippen molar-refractivity contribution in [2.75, 3.05) is 14.1 Å². The van der Waals surface area contributed by atoms with Crippen LogP contribution < -0.4 is 5.32 Å². The zero-order valence-corrected chi connectivity index (χ0v) is 13.8. The van der Waals surface area contributed by atoms with E-state index in [-0.39, 0.29) is 56.0 Å². The molecule has 0 bridgehead atoms. The number of phenols is 3. The maximum atomic E-state index is 12.1. The number of fused-ring (bicyclic) bond motifs is 2. The highest BCUT2D eigenvalue weighted by molar-refractivity contribution is 6.10. The van der Waals surface area contributed by atoms with Gasteiger partial charge in [0, 0.05) is 25.9 Å². The highest BCUT2D eigenvalue weighted by atomic mass is 16.3. The summed E-state index contributed by atoms with van der Waals surface area (Å²) < 4.78 is 0. The first-order chi connectivity index (χ1) is 11.9. The van der Waals surface area contributed by atoms with Crippen molar-refractivity contribution in [1.29, 1.82) is 0 Å². The van der Waals surface area contributed by atoms with E-state index in [0.29, 0.717) is 0 Å². The molecule has 0 aliphatic heterocycles. The van der Waals surface area contributed by atoms with Crippen LogP contribution in [0, 0.1) is 6.92 Å². The Hall–Kier alpha value is -3.42. The number of benzene rings is 2. The maximum Gasteiger partial charge on any atom is 0.253 e. The number of carbonyl (C=O) groups excluding carboxylic acids is 1. The summed E-state index contributed by atoms with van der Waals surface area (Å²) in [7, 11) is 3.01. The molecule has 0 aliphatic carbocycles. The Morgan fingerprint density at radius 1 is 1.08 bits per heavy atom. The van der Waals surface area contributed by atoms with Gasteiger partial charge in [0.25, 0.3) is 5.91 Å². The number of nitrogens with zero attached hydrogens (tertiary/aromatic N) is 3. The van der Waals surface area contributed by atoms with E-state index in [0.717, 1.165) is 0 Å². The molecule has 2 aromatic carbocycles. The number of phenolic OH excluding ortho intramolecular Hbond substituents is 3. The molecule has 0 aliphatic rings. The number of hydrogen-bond donors (Lipinski definition) is 4. The quantitative estimate of drug-likeness (QED) is 0.414. The maximum absolute atomic E-state index is 12.1. The minimum atomic E-state index is -0.399. The van der Waals surface area contributed by atoms with Crippen LogP contribution in [0.1, 0.15) is 21.5 Å². The van der Waals surface area contributed by atoms with E-state index in [2.05, 4.69) is 20.3 Å². The average Bonchev–Trinajstić information content (AvgIpc) is 2.62. The van der Waals surface area contributed by atoms with Gasteiger partial charge in [-0.25, -0.2) is 9.97 Å². The van der Waals surface area contributed by atoms with Gasteiger partial charge in [0.05, 0.1) is 11.1 Å². The molecule has 1 amide bonds. The molecule has 0 unspecified atom stereocenters. The highest BCUT2D eigenvalue weighted by Crippen LogP contribution is 2.38. The van der Waals surface area contributed by atoms with Crippen LogP contribution in [0.5, 0.6) is 17.2 Å². The van der Waals surface area contributed by atoms with Gasteiger partial charge in [-0.3, -0.25) is 9.79 Å². The SMILES string of the molecule is CN=Cc1c(O)c(C)c(O)c2nc3c(C(=O)NC)ccc(O)c3nc12. The summed E-state index contributed by atoms with van der Waals surface area (Å²) >= 11 is 0. The fourth-order valence-electron chi connectivity index (χ4n) is 2.65. The summed E-state index contributed by atoms with van der Waals surface area (Å²) in [6.07, 6.45) is 1.39. The number of aromatic nitrogens is 2. The fourth-order valence-corrected chi connectivity index (χ4v) is 2.65. The predicted octanol–water partition coefficient (Wildman–Crippen LogP) is 1.62. The number of carbonyl (C=O) groups is 1. The van der Waals surface area contributed by atoms with E-state index in [4.69, 9.17) is 0 Å². The predicted molar refractivity (Wildman–Crippen MR) is 93.7 cm³/mol. The first kappa shape index (κ1) is 16.4. The average molecular weight is 340 g/mol.